The van der Waals surface area contributed by atoms with Crippen molar-refractivity contribution in [2.24, 2.45) is 0 Å². The molecule has 0 atom stereocenters. The molecule has 0 unspecified atom stereocenters. The SMILES string of the molecule is CN(C)S(=O)(=O)c1ccc(C(=O)Nc2ccc(-c3cn4c(n3)CCCC4)cc2)cc1. The van der Waals surface area contributed by atoms with E-state index in [2.05, 4.69) is 16.1 Å². The highest BCUT2D eigenvalue weighted by Gasteiger charge is 2.18. The number of aryl methyl sites for hydroxylation is 2. The summed E-state index contributed by atoms with van der Waals surface area (Å²) in [5, 5.41) is 2.84. The molecule has 1 N–H and O–H groups in total. The molecular weight excluding hydrogens is 400 g/mol. The fourth-order valence-electron chi connectivity index (χ4n) is 3.47. The molecule has 1 aliphatic heterocycles. The van der Waals surface area contributed by atoms with E-state index in [1.165, 1.54) is 51.2 Å². The number of rotatable bonds is 5. The van der Waals surface area contributed by atoms with Crippen molar-refractivity contribution in [3.05, 3.63) is 66.1 Å². The molecule has 0 aliphatic carbocycles. The Bertz CT molecular complexity index is 1140. The topological polar surface area (TPSA) is 84.3 Å². The molecule has 4 rings (SSSR count). The molecule has 8 heteroatoms. The third-order valence-electron chi connectivity index (χ3n) is 5.24. The Morgan fingerprint density at radius 2 is 1.73 bits per heavy atom. The van der Waals surface area contributed by atoms with Crippen LogP contribution in [0, 0.1) is 0 Å². The maximum Gasteiger partial charge on any atom is 0.255 e. The zero-order chi connectivity index (χ0) is 21.3. The molecule has 0 saturated carbocycles. The molecule has 1 aromatic heterocycles. The number of carbonyl (C=O) groups is 1. The first-order valence-corrected chi connectivity index (χ1v) is 11.3. The lowest BCUT2D eigenvalue weighted by molar-refractivity contribution is 0.102. The lowest BCUT2D eigenvalue weighted by atomic mass is 10.1. The van der Waals surface area contributed by atoms with Gasteiger partial charge in [-0.3, -0.25) is 4.79 Å². The Hall–Kier alpha value is -2.97. The largest absolute Gasteiger partial charge is 0.334 e. The smallest absolute Gasteiger partial charge is 0.255 e. The molecule has 7 nitrogen and oxygen atoms in total. The molecule has 2 heterocycles. The van der Waals surface area contributed by atoms with Crippen molar-refractivity contribution in [1.29, 1.82) is 0 Å². The number of aromatic nitrogens is 2. The highest BCUT2D eigenvalue weighted by Crippen LogP contribution is 2.24. The van der Waals surface area contributed by atoms with Crippen LogP contribution in [0.4, 0.5) is 5.69 Å². The van der Waals surface area contributed by atoms with Crippen LogP contribution in [0.25, 0.3) is 11.3 Å². The summed E-state index contributed by atoms with van der Waals surface area (Å²) in [6.07, 6.45) is 5.48. The molecule has 0 radical (unpaired) electrons. The third kappa shape index (κ3) is 4.01. The van der Waals surface area contributed by atoms with Crippen molar-refractivity contribution < 1.29 is 13.2 Å². The maximum absolute atomic E-state index is 12.5. The van der Waals surface area contributed by atoms with Gasteiger partial charge in [-0.25, -0.2) is 17.7 Å². The predicted octanol–water partition coefficient (Wildman–Crippen LogP) is 3.39. The van der Waals surface area contributed by atoms with Crippen LogP contribution in [0.15, 0.2) is 59.6 Å². The number of sulfonamides is 1. The third-order valence-corrected chi connectivity index (χ3v) is 7.07. The van der Waals surface area contributed by atoms with Gasteiger partial charge in [0.15, 0.2) is 0 Å². The van der Waals surface area contributed by atoms with E-state index in [0.717, 1.165) is 34.4 Å². The second-order valence-corrected chi connectivity index (χ2v) is 9.69. The average molecular weight is 425 g/mol. The summed E-state index contributed by atoms with van der Waals surface area (Å²) >= 11 is 0. The number of amides is 1. The number of nitrogens with one attached hydrogen (secondary N) is 1. The molecule has 0 bridgehead atoms. The van der Waals surface area contributed by atoms with E-state index in [1.54, 1.807) is 0 Å². The molecule has 0 spiro atoms. The zero-order valence-electron chi connectivity index (χ0n) is 17.0. The minimum absolute atomic E-state index is 0.149. The fraction of sp³-hybridized carbons (Fsp3) is 0.273. The highest BCUT2D eigenvalue weighted by molar-refractivity contribution is 7.89. The Kier molecular flexibility index (Phi) is 5.44. The Labute approximate surface area is 176 Å². The Balaban J connectivity index is 1.45. The first-order chi connectivity index (χ1) is 14.3. The number of benzene rings is 2. The van der Waals surface area contributed by atoms with Crippen molar-refractivity contribution in [3.63, 3.8) is 0 Å². The van der Waals surface area contributed by atoms with Gasteiger partial charge < -0.3 is 9.88 Å². The first kappa shape index (κ1) is 20.3. The minimum Gasteiger partial charge on any atom is -0.334 e. The summed E-state index contributed by atoms with van der Waals surface area (Å²) in [5.41, 5.74) is 3.01. The van der Waals surface area contributed by atoms with E-state index >= 15 is 0 Å². The number of anilines is 1. The Morgan fingerprint density at radius 3 is 2.37 bits per heavy atom. The maximum atomic E-state index is 12.5. The quantitative estimate of drug-likeness (QED) is 0.680. The Morgan fingerprint density at radius 1 is 1.03 bits per heavy atom. The van der Waals surface area contributed by atoms with Gasteiger partial charge in [-0.2, -0.15) is 0 Å². The van der Waals surface area contributed by atoms with Crippen LogP contribution in [0.5, 0.6) is 0 Å². The summed E-state index contributed by atoms with van der Waals surface area (Å²) in [7, 11) is -0.575. The molecule has 0 fully saturated rings. The van der Waals surface area contributed by atoms with Crippen molar-refractivity contribution in [1.82, 2.24) is 13.9 Å². The van der Waals surface area contributed by atoms with Crippen molar-refractivity contribution in [2.75, 3.05) is 19.4 Å². The molecule has 30 heavy (non-hydrogen) atoms. The van der Waals surface area contributed by atoms with Crippen LogP contribution in [0.1, 0.15) is 29.0 Å². The van der Waals surface area contributed by atoms with Crippen LogP contribution in [-0.2, 0) is 23.0 Å². The van der Waals surface area contributed by atoms with Crippen LogP contribution < -0.4 is 5.32 Å². The van der Waals surface area contributed by atoms with Crippen molar-refractivity contribution in [2.45, 2.75) is 30.7 Å². The minimum atomic E-state index is -3.52. The number of imidazole rings is 1. The normalized spacial score (nSPS) is 13.8. The van der Waals surface area contributed by atoms with E-state index in [-0.39, 0.29) is 10.8 Å². The number of nitrogens with zero attached hydrogens (tertiary/aromatic N) is 3. The van der Waals surface area contributed by atoms with Gasteiger partial charge in [-0.15, -0.1) is 0 Å². The standard InChI is InChI=1S/C22H24N4O3S/c1-25(2)30(28,29)19-12-8-17(9-13-19)22(27)23-18-10-6-16(7-11-18)20-15-26-14-4-3-5-21(26)24-20/h6-13,15H,3-5,14H2,1-2H3,(H,23,27). The van der Waals surface area contributed by atoms with Gasteiger partial charge in [0, 0.05) is 50.1 Å². The average Bonchev–Trinajstić information content (AvgIpc) is 3.18. The lowest BCUT2D eigenvalue weighted by Gasteiger charge is -2.11. The second kappa shape index (κ2) is 8.04. The summed E-state index contributed by atoms with van der Waals surface area (Å²) in [5.74, 6) is 0.836. The molecule has 0 saturated heterocycles. The molecular formula is C22H24N4O3S. The molecule has 3 aromatic rings. The van der Waals surface area contributed by atoms with E-state index in [9.17, 15) is 13.2 Å². The molecule has 2 aromatic carbocycles. The van der Waals surface area contributed by atoms with Gasteiger partial charge in [0.25, 0.3) is 5.91 Å². The summed E-state index contributed by atoms with van der Waals surface area (Å²) in [4.78, 5) is 17.4. The first-order valence-electron chi connectivity index (χ1n) is 9.85. The summed E-state index contributed by atoms with van der Waals surface area (Å²) < 4.78 is 27.6. The van der Waals surface area contributed by atoms with E-state index < -0.39 is 10.0 Å². The van der Waals surface area contributed by atoms with Gasteiger partial charge in [-0.05, 0) is 49.2 Å². The number of carbonyl (C=O) groups excluding carboxylic acids is 1. The highest BCUT2D eigenvalue weighted by atomic mass is 32.2. The van der Waals surface area contributed by atoms with Gasteiger partial charge in [0.2, 0.25) is 10.0 Å². The lowest BCUT2D eigenvalue weighted by Crippen LogP contribution is -2.22. The number of hydrogen-bond donors (Lipinski definition) is 1. The van der Waals surface area contributed by atoms with Gasteiger partial charge in [-0.1, -0.05) is 12.1 Å². The van der Waals surface area contributed by atoms with Crippen molar-refractivity contribution in [3.8, 4) is 11.3 Å². The van der Waals surface area contributed by atoms with Gasteiger partial charge in [0.1, 0.15) is 5.82 Å². The molecule has 156 valence electrons. The molecule has 1 amide bonds. The van der Waals surface area contributed by atoms with E-state index in [1.807, 2.05) is 24.3 Å². The van der Waals surface area contributed by atoms with Gasteiger partial charge >= 0.3 is 0 Å². The van der Waals surface area contributed by atoms with Gasteiger partial charge in [0.05, 0.1) is 10.6 Å². The summed E-state index contributed by atoms with van der Waals surface area (Å²) in [6.45, 7) is 1.02. The van der Waals surface area contributed by atoms with E-state index in [4.69, 9.17) is 4.98 Å². The van der Waals surface area contributed by atoms with Crippen molar-refractivity contribution >= 4 is 21.6 Å². The van der Waals surface area contributed by atoms with Crippen LogP contribution in [-0.4, -0.2) is 42.3 Å². The fourth-order valence-corrected chi connectivity index (χ4v) is 4.37. The van der Waals surface area contributed by atoms with E-state index in [0.29, 0.717) is 11.3 Å². The second-order valence-electron chi connectivity index (χ2n) is 7.54. The van der Waals surface area contributed by atoms with Crippen LogP contribution in [0.3, 0.4) is 0 Å². The monoisotopic (exact) mass is 424 g/mol. The van der Waals surface area contributed by atoms with Crippen LogP contribution >= 0.6 is 0 Å². The van der Waals surface area contributed by atoms with Crippen LogP contribution in [0.2, 0.25) is 0 Å². The number of fused-ring (bicyclic) bond motifs is 1. The summed E-state index contributed by atoms with van der Waals surface area (Å²) in [6, 6.07) is 13.5. The molecule has 1 aliphatic rings. The predicted molar refractivity (Wildman–Crippen MR) is 116 cm³/mol. The number of hydrogen-bond acceptors (Lipinski definition) is 4. The zero-order valence-corrected chi connectivity index (χ0v) is 17.8.